The summed E-state index contributed by atoms with van der Waals surface area (Å²) in [6.07, 6.45) is 0.940. The number of hydrogen-bond donors (Lipinski definition) is 1. The molecule has 4 heteroatoms. The molecule has 0 spiro atoms. The van der Waals surface area contributed by atoms with Crippen molar-refractivity contribution in [3.63, 3.8) is 0 Å². The van der Waals surface area contributed by atoms with Crippen molar-refractivity contribution in [3.8, 4) is 0 Å². The summed E-state index contributed by atoms with van der Waals surface area (Å²) < 4.78 is 2.91. The van der Waals surface area contributed by atoms with Crippen LogP contribution in [0.1, 0.15) is 18.4 Å². The van der Waals surface area contributed by atoms with E-state index in [1.807, 2.05) is 11.6 Å². The lowest BCUT2D eigenvalue weighted by molar-refractivity contribution is 0.757. The second-order valence-electron chi connectivity index (χ2n) is 2.38. The van der Waals surface area contributed by atoms with Crippen LogP contribution in [0.15, 0.2) is 4.60 Å². The summed E-state index contributed by atoms with van der Waals surface area (Å²) in [5, 5.41) is 0. The molecule has 1 rings (SSSR count). The molecule has 0 saturated heterocycles. The van der Waals surface area contributed by atoms with Crippen molar-refractivity contribution in [1.82, 2.24) is 9.55 Å². The van der Waals surface area contributed by atoms with Gasteiger partial charge >= 0.3 is 0 Å². The summed E-state index contributed by atoms with van der Waals surface area (Å²) >= 11 is 3.36. The first-order chi connectivity index (χ1) is 5.20. The Hall–Kier alpha value is -0.350. The minimum Gasteiger partial charge on any atom is -0.333 e. The Balaban J connectivity index is 3.14. The summed E-state index contributed by atoms with van der Waals surface area (Å²) in [5.74, 6) is 1.07. The van der Waals surface area contributed by atoms with E-state index in [0.29, 0.717) is 6.54 Å². The smallest absolute Gasteiger partial charge is 0.128 e. The Kier molecular flexibility index (Phi) is 2.67. The molecule has 11 heavy (non-hydrogen) atoms. The molecule has 0 fully saturated rings. The third kappa shape index (κ3) is 1.46. The molecule has 0 atom stereocenters. The van der Waals surface area contributed by atoms with Crippen LogP contribution in [0.25, 0.3) is 0 Å². The van der Waals surface area contributed by atoms with Gasteiger partial charge in [0.05, 0.1) is 5.69 Å². The van der Waals surface area contributed by atoms with Gasteiger partial charge in [-0.15, -0.1) is 0 Å². The number of aryl methyl sites for hydroxylation is 1. The Morgan fingerprint density at radius 1 is 1.64 bits per heavy atom. The quantitative estimate of drug-likeness (QED) is 0.810. The van der Waals surface area contributed by atoms with E-state index in [1.165, 1.54) is 0 Å². The van der Waals surface area contributed by atoms with Gasteiger partial charge in [-0.3, -0.25) is 0 Å². The van der Waals surface area contributed by atoms with Crippen LogP contribution in [0.2, 0.25) is 0 Å². The van der Waals surface area contributed by atoms with Crippen LogP contribution < -0.4 is 5.73 Å². The van der Waals surface area contributed by atoms with E-state index in [4.69, 9.17) is 5.73 Å². The van der Waals surface area contributed by atoms with Crippen molar-refractivity contribution >= 4 is 15.9 Å². The minimum absolute atomic E-state index is 0.532. The van der Waals surface area contributed by atoms with Gasteiger partial charge in [-0.2, -0.15) is 0 Å². The Labute approximate surface area is 74.7 Å². The molecule has 3 nitrogen and oxygen atoms in total. The minimum atomic E-state index is 0.532. The normalized spacial score (nSPS) is 10.5. The average Bonchev–Trinajstić information content (AvgIpc) is 2.26. The van der Waals surface area contributed by atoms with E-state index in [1.54, 1.807) is 0 Å². The lowest BCUT2D eigenvalue weighted by atomic mass is 10.4. The Morgan fingerprint density at radius 2 is 2.27 bits per heavy atom. The average molecular weight is 218 g/mol. The molecular formula is C7H12BrN3. The first kappa shape index (κ1) is 8.74. The molecule has 0 aliphatic heterocycles. The number of hydrogen-bond acceptors (Lipinski definition) is 2. The van der Waals surface area contributed by atoms with Crippen LogP contribution in [0, 0.1) is 0 Å². The van der Waals surface area contributed by atoms with Crippen LogP contribution in [0.4, 0.5) is 0 Å². The van der Waals surface area contributed by atoms with Crippen molar-refractivity contribution in [2.75, 3.05) is 0 Å². The summed E-state index contributed by atoms with van der Waals surface area (Å²) in [7, 11) is 1.98. The summed E-state index contributed by atoms with van der Waals surface area (Å²) in [6.45, 7) is 2.61. The Bertz CT molecular complexity index is 254. The maximum Gasteiger partial charge on any atom is 0.128 e. The maximum absolute atomic E-state index is 5.53. The standard InChI is InChI=1S/C7H12BrN3/c1-3-6-10-7(8)5(4-9)11(6)2/h3-4,9H2,1-2H3. The van der Waals surface area contributed by atoms with Gasteiger partial charge in [0.15, 0.2) is 0 Å². The molecule has 0 unspecified atom stereocenters. The molecule has 1 heterocycles. The Morgan fingerprint density at radius 3 is 2.55 bits per heavy atom. The van der Waals surface area contributed by atoms with E-state index >= 15 is 0 Å². The molecule has 0 aromatic carbocycles. The first-order valence-corrected chi connectivity index (χ1v) is 4.40. The highest BCUT2D eigenvalue weighted by atomic mass is 79.9. The van der Waals surface area contributed by atoms with Crippen molar-refractivity contribution in [2.45, 2.75) is 19.9 Å². The zero-order valence-corrected chi connectivity index (χ0v) is 8.35. The van der Waals surface area contributed by atoms with E-state index in [-0.39, 0.29) is 0 Å². The zero-order valence-electron chi connectivity index (χ0n) is 6.76. The molecule has 1 aromatic heterocycles. The fourth-order valence-corrected chi connectivity index (χ4v) is 1.72. The van der Waals surface area contributed by atoms with Crippen LogP contribution in [-0.4, -0.2) is 9.55 Å². The zero-order chi connectivity index (χ0) is 8.43. The van der Waals surface area contributed by atoms with Gasteiger partial charge in [-0.25, -0.2) is 4.98 Å². The van der Waals surface area contributed by atoms with Crippen LogP contribution >= 0.6 is 15.9 Å². The summed E-state index contributed by atoms with van der Waals surface area (Å²) in [5.41, 5.74) is 6.59. The predicted molar refractivity (Wildman–Crippen MR) is 48.2 cm³/mol. The second-order valence-corrected chi connectivity index (χ2v) is 3.13. The predicted octanol–water partition coefficient (Wildman–Crippen LogP) is 1.20. The molecule has 0 bridgehead atoms. The number of rotatable bonds is 2. The molecule has 0 aliphatic rings. The molecule has 2 N–H and O–H groups in total. The first-order valence-electron chi connectivity index (χ1n) is 3.60. The van der Waals surface area contributed by atoms with Gasteiger partial charge in [0.2, 0.25) is 0 Å². The largest absolute Gasteiger partial charge is 0.333 e. The highest BCUT2D eigenvalue weighted by Gasteiger charge is 2.08. The fraction of sp³-hybridized carbons (Fsp3) is 0.571. The van der Waals surface area contributed by atoms with E-state index in [0.717, 1.165) is 22.5 Å². The van der Waals surface area contributed by atoms with Crippen molar-refractivity contribution in [3.05, 3.63) is 16.1 Å². The number of aromatic nitrogens is 2. The SMILES string of the molecule is CCc1nc(Br)c(CN)n1C. The molecule has 1 aromatic rings. The van der Waals surface area contributed by atoms with Gasteiger partial charge < -0.3 is 10.3 Å². The van der Waals surface area contributed by atoms with Gasteiger partial charge in [0, 0.05) is 20.0 Å². The molecule has 0 aliphatic carbocycles. The van der Waals surface area contributed by atoms with E-state index < -0.39 is 0 Å². The van der Waals surface area contributed by atoms with Gasteiger partial charge in [0.1, 0.15) is 10.4 Å². The third-order valence-corrected chi connectivity index (χ3v) is 2.40. The number of nitrogens with two attached hydrogens (primary N) is 1. The summed E-state index contributed by atoms with van der Waals surface area (Å²) in [6, 6.07) is 0. The van der Waals surface area contributed by atoms with E-state index in [2.05, 4.69) is 27.8 Å². The van der Waals surface area contributed by atoms with Gasteiger partial charge in [0.25, 0.3) is 0 Å². The third-order valence-electron chi connectivity index (χ3n) is 1.77. The lowest BCUT2D eigenvalue weighted by Gasteiger charge is -2.00. The van der Waals surface area contributed by atoms with Crippen LogP contribution in [0.5, 0.6) is 0 Å². The molecule has 62 valence electrons. The van der Waals surface area contributed by atoms with Crippen molar-refractivity contribution in [2.24, 2.45) is 12.8 Å². The fourth-order valence-electron chi connectivity index (χ4n) is 1.08. The molecule has 0 amide bonds. The van der Waals surface area contributed by atoms with Gasteiger partial charge in [-0.05, 0) is 15.9 Å². The molecule has 0 saturated carbocycles. The second kappa shape index (κ2) is 3.36. The summed E-state index contributed by atoms with van der Waals surface area (Å²) in [4.78, 5) is 4.30. The monoisotopic (exact) mass is 217 g/mol. The van der Waals surface area contributed by atoms with Crippen molar-refractivity contribution < 1.29 is 0 Å². The highest BCUT2D eigenvalue weighted by Crippen LogP contribution is 2.16. The van der Waals surface area contributed by atoms with Crippen molar-refractivity contribution in [1.29, 1.82) is 0 Å². The highest BCUT2D eigenvalue weighted by molar-refractivity contribution is 9.10. The van der Waals surface area contributed by atoms with Gasteiger partial charge in [-0.1, -0.05) is 6.92 Å². The number of halogens is 1. The van der Waals surface area contributed by atoms with Crippen LogP contribution in [-0.2, 0) is 20.0 Å². The number of imidazole rings is 1. The van der Waals surface area contributed by atoms with Crippen LogP contribution in [0.3, 0.4) is 0 Å². The maximum atomic E-state index is 5.53. The molecule has 0 radical (unpaired) electrons. The van der Waals surface area contributed by atoms with E-state index in [9.17, 15) is 0 Å². The lowest BCUT2D eigenvalue weighted by Crippen LogP contribution is -2.05. The topological polar surface area (TPSA) is 43.8 Å². The number of nitrogens with zero attached hydrogens (tertiary/aromatic N) is 2. The molecular weight excluding hydrogens is 206 g/mol.